The molecular weight excluding hydrogens is 198 g/mol. The molecule has 5 heteroatoms. The van der Waals surface area contributed by atoms with Crippen LogP contribution in [0.3, 0.4) is 0 Å². The number of aliphatic carboxylic acids is 1. The van der Waals surface area contributed by atoms with Crippen molar-refractivity contribution in [2.75, 3.05) is 0 Å². The van der Waals surface area contributed by atoms with Gasteiger partial charge >= 0.3 is 5.97 Å². The molecule has 0 radical (unpaired) electrons. The third-order valence-electron chi connectivity index (χ3n) is 1.72. The van der Waals surface area contributed by atoms with Crippen molar-refractivity contribution < 1.29 is 14.8 Å². The van der Waals surface area contributed by atoms with E-state index in [0.29, 0.717) is 11.1 Å². The summed E-state index contributed by atoms with van der Waals surface area (Å²) in [6.45, 7) is 1.60. The maximum atomic E-state index is 10.6. The molecule has 0 aliphatic rings. The number of benzene rings is 1. The first-order valence-corrected chi connectivity index (χ1v) is 4.00. The molecule has 0 spiro atoms. The first-order valence-electron chi connectivity index (χ1n) is 4.00. The van der Waals surface area contributed by atoms with Crippen LogP contribution in [0.25, 0.3) is 0 Å². The molecule has 0 unspecified atom stereocenters. The Kier molecular flexibility index (Phi) is 3.03. The van der Waals surface area contributed by atoms with Crippen LogP contribution in [-0.4, -0.2) is 16.0 Å². The summed E-state index contributed by atoms with van der Waals surface area (Å²) in [5.41, 5.74) is 0.766. The monoisotopic (exact) mass is 205 g/mol. The van der Waals surface area contributed by atoms with Crippen LogP contribution in [0, 0.1) is 28.9 Å². The highest BCUT2D eigenvalue weighted by molar-refractivity contribution is 5.87. The number of carbonyl (C=O) groups is 1. The predicted octanol–water partition coefficient (Wildman–Crippen LogP) is 1.34. The zero-order chi connectivity index (χ0) is 11.4. The number of nitro benzene ring substituents is 1. The van der Waals surface area contributed by atoms with Crippen molar-refractivity contribution in [2.45, 2.75) is 6.92 Å². The number of nitro groups is 1. The Balaban J connectivity index is 3.15. The molecule has 0 heterocycles. The third kappa shape index (κ3) is 2.81. The number of nitrogens with zero attached hydrogens (tertiary/aromatic N) is 1. The lowest BCUT2D eigenvalue weighted by Crippen LogP contribution is -1.92. The van der Waals surface area contributed by atoms with Gasteiger partial charge in [0.15, 0.2) is 0 Å². The molecule has 1 aromatic carbocycles. The van der Waals surface area contributed by atoms with E-state index in [0.717, 1.165) is 0 Å². The van der Waals surface area contributed by atoms with Crippen LogP contribution >= 0.6 is 0 Å². The molecule has 1 aromatic rings. The molecule has 0 aliphatic heterocycles. The van der Waals surface area contributed by atoms with Crippen molar-refractivity contribution in [1.29, 1.82) is 0 Å². The van der Waals surface area contributed by atoms with E-state index in [4.69, 9.17) is 5.11 Å². The van der Waals surface area contributed by atoms with Crippen molar-refractivity contribution in [3.8, 4) is 11.8 Å². The number of hydrogen-bond acceptors (Lipinski definition) is 3. The van der Waals surface area contributed by atoms with E-state index in [2.05, 4.69) is 5.92 Å². The Morgan fingerprint density at radius 2 is 2.20 bits per heavy atom. The molecule has 0 aliphatic carbocycles. The molecule has 0 bridgehead atoms. The molecule has 0 amide bonds. The lowest BCUT2D eigenvalue weighted by molar-refractivity contribution is -0.385. The van der Waals surface area contributed by atoms with Crippen molar-refractivity contribution >= 4 is 11.7 Å². The zero-order valence-corrected chi connectivity index (χ0v) is 7.85. The van der Waals surface area contributed by atoms with Crippen molar-refractivity contribution in [3.63, 3.8) is 0 Å². The smallest absolute Gasteiger partial charge is 0.382 e. The highest BCUT2D eigenvalue weighted by Gasteiger charge is 2.09. The van der Waals surface area contributed by atoms with Crippen molar-refractivity contribution in [1.82, 2.24) is 0 Å². The van der Waals surface area contributed by atoms with Gasteiger partial charge in [0.1, 0.15) is 0 Å². The highest BCUT2D eigenvalue weighted by Crippen LogP contribution is 2.18. The third-order valence-corrected chi connectivity index (χ3v) is 1.72. The quantitative estimate of drug-likeness (QED) is 0.426. The lowest BCUT2D eigenvalue weighted by Gasteiger charge is -1.96. The van der Waals surface area contributed by atoms with Crippen LogP contribution in [0.2, 0.25) is 0 Å². The van der Waals surface area contributed by atoms with Crippen LogP contribution in [0.15, 0.2) is 18.2 Å². The molecule has 0 aromatic heterocycles. The normalized spacial score (nSPS) is 8.87. The van der Waals surface area contributed by atoms with Crippen LogP contribution in [0.1, 0.15) is 11.1 Å². The second-order valence-corrected chi connectivity index (χ2v) is 2.81. The van der Waals surface area contributed by atoms with Gasteiger partial charge in [-0.1, -0.05) is 12.0 Å². The largest absolute Gasteiger partial charge is 0.472 e. The number of aryl methyl sites for hydroxylation is 1. The fraction of sp³-hybridized carbons (Fsp3) is 0.100. The molecule has 1 rings (SSSR count). The number of carboxylic acids is 1. The van der Waals surface area contributed by atoms with Gasteiger partial charge in [-0.05, 0) is 13.0 Å². The van der Waals surface area contributed by atoms with Gasteiger partial charge in [-0.2, -0.15) is 0 Å². The van der Waals surface area contributed by atoms with E-state index >= 15 is 0 Å². The standard InChI is InChI=1S/C10H7NO4/c1-7-2-3-8(4-5-10(12)13)6-9(7)11(14)15/h2-3,6H,1H3,(H,12,13). The van der Waals surface area contributed by atoms with E-state index in [1.807, 2.05) is 5.92 Å². The maximum Gasteiger partial charge on any atom is 0.382 e. The molecule has 0 fully saturated rings. The summed E-state index contributed by atoms with van der Waals surface area (Å²) in [6, 6.07) is 4.33. The summed E-state index contributed by atoms with van der Waals surface area (Å²) in [7, 11) is 0. The summed E-state index contributed by atoms with van der Waals surface area (Å²) in [4.78, 5) is 20.2. The van der Waals surface area contributed by atoms with Crippen LogP contribution in [-0.2, 0) is 4.79 Å². The fourth-order valence-electron chi connectivity index (χ4n) is 1.01. The number of hydrogen-bond donors (Lipinski definition) is 1. The lowest BCUT2D eigenvalue weighted by atomic mass is 10.1. The van der Waals surface area contributed by atoms with E-state index in [1.165, 1.54) is 18.2 Å². The van der Waals surface area contributed by atoms with Gasteiger partial charge in [-0.15, -0.1) is 0 Å². The fourth-order valence-corrected chi connectivity index (χ4v) is 1.01. The molecule has 0 saturated heterocycles. The van der Waals surface area contributed by atoms with Gasteiger partial charge in [0.25, 0.3) is 5.69 Å². The van der Waals surface area contributed by atoms with Crippen LogP contribution in [0.5, 0.6) is 0 Å². The molecule has 5 nitrogen and oxygen atoms in total. The minimum Gasteiger partial charge on any atom is -0.472 e. The first kappa shape index (κ1) is 10.7. The summed E-state index contributed by atoms with van der Waals surface area (Å²) in [5.74, 6) is 2.94. The van der Waals surface area contributed by atoms with E-state index in [9.17, 15) is 14.9 Å². The summed E-state index contributed by atoms with van der Waals surface area (Å²) in [5, 5.41) is 18.9. The highest BCUT2D eigenvalue weighted by atomic mass is 16.6. The molecule has 76 valence electrons. The topological polar surface area (TPSA) is 80.4 Å². The zero-order valence-electron chi connectivity index (χ0n) is 7.85. The predicted molar refractivity (Wildman–Crippen MR) is 52.3 cm³/mol. The molecule has 1 N–H and O–H groups in total. The number of carboxylic acid groups (broad SMARTS) is 1. The first-order chi connectivity index (χ1) is 7.00. The van der Waals surface area contributed by atoms with Crippen molar-refractivity contribution in [2.24, 2.45) is 0 Å². The second-order valence-electron chi connectivity index (χ2n) is 2.81. The molecule has 0 atom stereocenters. The Labute approximate surface area is 85.5 Å². The summed E-state index contributed by atoms with van der Waals surface area (Å²) in [6.07, 6.45) is 0. The maximum absolute atomic E-state index is 10.6. The van der Waals surface area contributed by atoms with E-state index in [1.54, 1.807) is 6.92 Å². The van der Waals surface area contributed by atoms with Gasteiger partial charge in [-0.25, -0.2) is 4.79 Å². The molecular formula is C10H7NO4. The van der Waals surface area contributed by atoms with Gasteiger partial charge in [0, 0.05) is 23.1 Å². The minimum atomic E-state index is -1.27. The van der Waals surface area contributed by atoms with Crippen LogP contribution in [0.4, 0.5) is 5.69 Å². The Morgan fingerprint density at radius 3 is 2.73 bits per heavy atom. The summed E-state index contributed by atoms with van der Waals surface area (Å²) >= 11 is 0. The summed E-state index contributed by atoms with van der Waals surface area (Å²) < 4.78 is 0. The van der Waals surface area contributed by atoms with Gasteiger partial charge < -0.3 is 5.11 Å². The Bertz CT molecular complexity index is 482. The number of rotatable bonds is 1. The van der Waals surface area contributed by atoms with E-state index < -0.39 is 10.9 Å². The van der Waals surface area contributed by atoms with E-state index in [-0.39, 0.29) is 5.69 Å². The molecule has 0 saturated carbocycles. The van der Waals surface area contributed by atoms with Gasteiger partial charge in [0.05, 0.1) is 4.92 Å². The van der Waals surface area contributed by atoms with Crippen molar-refractivity contribution in [3.05, 3.63) is 39.4 Å². The van der Waals surface area contributed by atoms with Crippen LogP contribution < -0.4 is 0 Å². The van der Waals surface area contributed by atoms with Gasteiger partial charge in [0.2, 0.25) is 0 Å². The Hall–Kier alpha value is -2.35. The minimum absolute atomic E-state index is 0.0628. The van der Waals surface area contributed by atoms with Gasteiger partial charge in [-0.3, -0.25) is 10.1 Å². The SMILES string of the molecule is Cc1ccc(C#CC(=O)O)cc1[N+](=O)[O-]. The second kappa shape index (κ2) is 4.24. The molecule has 15 heavy (non-hydrogen) atoms. The Morgan fingerprint density at radius 1 is 1.53 bits per heavy atom. The average molecular weight is 205 g/mol. The average Bonchev–Trinajstić information content (AvgIpc) is 2.16.